The zero-order valence-electron chi connectivity index (χ0n) is 19.8. The quantitative estimate of drug-likeness (QED) is 0.504. The molecule has 0 saturated carbocycles. The summed E-state index contributed by atoms with van der Waals surface area (Å²) in [5, 5.41) is 4.51. The smallest absolute Gasteiger partial charge is 0.165 e. The van der Waals surface area contributed by atoms with E-state index in [9.17, 15) is 0 Å². The number of hydrogen-bond donors (Lipinski definition) is 0. The zero-order valence-corrected chi connectivity index (χ0v) is 20.6. The van der Waals surface area contributed by atoms with Gasteiger partial charge < -0.3 is 14.2 Å². The van der Waals surface area contributed by atoms with Gasteiger partial charge in [0.05, 0.1) is 11.8 Å². The van der Waals surface area contributed by atoms with E-state index in [1.54, 1.807) is 0 Å². The molecular formula is C26H33N3O3S. The summed E-state index contributed by atoms with van der Waals surface area (Å²) in [6.45, 7) is 8.81. The van der Waals surface area contributed by atoms with Crippen molar-refractivity contribution in [3.63, 3.8) is 0 Å². The number of aromatic nitrogens is 2. The van der Waals surface area contributed by atoms with Crippen molar-refractivity contribution in [1.29, 1.82) is 0 Å². The van der Waals surface area contributed by atoms with Crippen molar-refractivity contribution < 1.29 is 14.2 Å². The summed E-state index contributed by atoms with van der Waals surface area (Å²) in [5.41, 5.74) is 4.71. The van der Waals surface area contributed by atoms with E-state index in [4.69, 9.17) is 14.2 Å². The number of thiophene rings is 1. The Morgan fingerprint density at radius 1 is 1.18 bits per heavy atom. The molecule has 6 nitrogen and oxygen atoms in total. The maximum atomic E-state index is 6.37. The number of nitrogens with zero attached hydrogens (tertiary/aromatic N) is 3. The third-order valence-electron chi connectivity index (χ3n) is 6.41. The van der Waals surface area contributed by atoms with E-state index < -0.39 is 0 Å². The molecule has 0 amide bonds. The first-order valence-corrected chi connectivity index (χ1v) is 12.7. The highest BCUT2D eigenvalue weighted by Gasteiger charge is 2.23. The van der Waals surface area contributed by atoms with Gasteiger partial charge in [-0.1, -0.05) is 0 Å². The second-order valence-corrected chi connectivity index (χ2v) is 10.4. The van der Waals surface area contributed by atoms with Crippen molar-refractivity contribution in [2.75, 3.05) is 26.4 Å². The van der Waals surface area contributed by atoms with E-state index in [0.29, 0.717) is 13.2 Å². The molecule has 1 fully saturated rings. The normalized spacial score (nSPS) is 19.1. The predicted molar refractivity (Wildman–Crippen MR) is 131 cm³/mol. The largest absolute Gasteiger partial charge is 0.488 e. The van der Waals surface area contributed by atoms with Crippen LogP contribution in [0.3, 0.4) is 0 Å². The maximum absolute atomic E-state index is 6.37. The van der Waals surface area contributed by atoms with Crippen LogP contribution < -0.4 is 9.47 Å². The zero-order chi connectivity index (χ0) is 22.8. The highest BCUT2D eigenvalue weighted by molar-refractivity contribution is 7.15. The first kappa shape index (κ1) is 22.4. The average Bonchev–Trinajstić information content (AvgIpc) is 3.30. The highest BCUT2D eigenvalue weighted by atomic mass is 32.1. The topological polar surface area (TPSA) is 48.8 Å². The second-order valence-electron chi connectivity index (χ2n) is 9.15. The lowest BCUT2D eigenvalue weighted by atomic mass is 10.1. The number of rotatable bonds is 6. The van der Waals surface area contributed by atoms with E-state index in [2.05, 4.69) is 54.3 Å². The summed E-state index contributed by atoms with van der Waals surface area (Å²) in [6, 6.07) is 8.80. The molecular weight excluding hydrogens is 434 g/mol. The van der Waals surface area contributed by atoms with Crippen molar-refractivity contribution >= 4 is 11.3 Å². The number of benzene rings is 1. The van der Waals surface area contributed by atoms with Crippen LogP contribution in [0.15, 0.2) is 30.5 Å². The van der Waals surface area contributed by atoms with Gasteiger partial charge in [0.15, 0.2) is 11.5 Å². The lowest BCUT2D eigenvalue weighted by Crippen LogP contribution is -2.26. The van der Waals surface area contributed by atoms with Crippen molar-refractivity contribution in [3.8, 4) is 21.9 Å². The van der Waals surface area contributed by atoms with Gasteiger partial charge in [-0.25, -0.2) is 0 Å². The van der Waals surface area contributed by atoms with Crippen LogP contribution in [0, 0.1) is 13.8 Å². The standard InChI is InChI=1S/C26H33N3O3S/c1-18-7-8-25(33-18)20-12-21-15-29(16-22-14-28(3)27-19(22)2)9-11-31-26(21)24(13-20)32-17-23-6-4-5-10-30-23/h7-8,12-14,23H,4-6,9-11,15-17H2,1-3H3/t23-/m1/s1. The molecule has 1 atom stereocenters. The van der Waals surface area contributed by atoms with E-state index in [-0.39, 0.29) is 6.10 Å². The lowest BCUT2D eigenvalue weighted by molar-refractivity contribution is -0.0115. The van der Waals surface area contributed by atoms with Crippen LogP contribution in [0.25, 0.3) is 10.4 Å². The molecule has 0 unspecified atom stereocenters. The second kappa shape index (κ2) is 9.87. The van der Waals surface area contributed by atoms with Gasteiger partial charge >= 0.3 is 0 Å². The van der Waals surface area contributed by atoms with Crippen LogP contribution >= 0.6 is 11.3 Å². The lowest BCUT2D eigenvalue weighted by Gasteiger charge is -2.24. The SMILES string of the molecule is Cc1ccc(-c2cc3c(c(OC[C@H]4CCCCO4)c2)OCCN(Cc2cn(C)nc2C)C3)s1. The molecule has 176 valence electrons. The Balaban J connectivity index is 1.43. The molecule has 2 aromatic heterocycles. The Hall–Kier alpha value is -2.35. The van der Waals surface area contributed by atoms with Gasteiger partial charge in [0.2, 0.25) is 0 Å². The van der Waals surface area contributed by atoms with Gasteiger partial charge in [0, 0.05) is 60.4 Å². The summed E-state index contributed by atoms with van der Waals surface area (Å²) in [7, 11) is 1.98. The Labute approximate surface area is 200 Å². The van der Waals surface area contributed by atoms with Crippen LogP contribution in [-0.4, -0.2) is 47.1 Å². The van der Waals surface area contributed by atoms with Crippen molar-refractivity contribution in [2.24, 2.45) is 7.05 Å². The molecule has 0 aliphatic carbocycles. The summed E-state index contributed by atoms with van der Waals surface area (Å²) >= 11 is 1.81. The molecule has 0 N–H and O–H groups in total. The minimum atomic E-state index is 0.165. The summed E-state index contributed by atoms with van der Waals surface area (Å²) in [4.78, 5) is 5.00. The van der Waals surface area contributed by atoms with Crippen LogP contribution in [0.4, 0.5) is 0 Å². The Morgan fingerprint density at radius 3 is 2.82 bits per heavy atom. The van der Waals surface area contributed by atoms with E-state index in [1.807, 2.05) is 23.1 Å². The summed E-state index contributed by atoms with van der Waals surface area (Å²) < 4.78 is 20.5. The Kier molecular flexibility index (Phi) is 6.71. The highest BCUT2D eigenvalue weighted by Crippen LogP contribution is 2.40. The number of hydrogen-bond acceptors (Lipinski definition) is 6. The monoisotopic (exact) mass is 467 g/mol. The van der Waals surface area contributed by atoms with Crippen LogP contribution in [0.1, 0.15) is 41.0 Å². The molecule has 4 heterocycles. The first-order chi connectivity index (χ1) is 16.0. The third kappa shape index (κ3) is 5.26. The molecule has 0 spiro atoms. The molecule has 1 aromatic carbocycles. The molecule has 2 aliphatic heterocycles. The maximum Gasteiger partial charge on any atom is 0.165 e. The van der Waals surface area contributed by atoms with Crippen LogP contribution in [-0.2, 0) is 24.9 Å². The van der Waals surface area contributed by atoms with Crippen molar-refractivity contribution in [3.05, 3.63) is 52.2 Å². The van der Waals surface area contributed by atoms with Crippen molar-refractivity contribution in [1.82, 2.24) is 14.7 Å². The molecule has 0 radical (unpaired) electrons. The van der Waals surface area contributed by atoms with Crippen LogP contribution in [0.2, 0.25) is 0 Å². The van der Waals surface area contributed by atoms with Gasteiger partial charge in [0.25, 0.3) is 0 Å². The van der Waals surface area contributed by atoms with E-state index in [0.717, 1.165) is 56.3 Å². The van der Waals surface area contributed by atoms with Gasteiger partial charge in [0.1, 0.15) is 13.2 Å². The number of ether oxygens (including phenoxy) is 3. The molecule has 0 bridgehead atoms. The molecule has 1 saturated heterocycles. The minimum Gasteiger partial charge on any atom is -0.488 e. The third-order valence-corrected chi connectivity index (χ3v) is 7.46. The molecule has 7 heteroatoms. The first-order valence-electron chi connectivity index (χ1n) is 11.9. The summed E-state index contributed by atoms with van der Waals surface area (Å²) in [6.07, 6.45) is 5.70. The molecule has 5 rings (SSSR count). The predicted octanol–water partition coefficient (Wildman–Crippen LogP) is 5.11. The van der Waals surface area contributed by atoms with Gasteiger partial charge in [-0.15, -0.1) is 11.3 Å². The summed E-state index contributed by atoms with van der Waals surface area (Å²) in [5.74, 6) is 1.72. The van der Waals surface area contributed by atoms with E-state index >= 15 is 0 Å². The molecule has 3 aromatic rings. The Bertz CT molecular complexity index is 1100. The fourth-order valence-corrected chi connectivity index (χ4v) is 5.53. The van der Waals surface area contributed by atoms with Gasteiger partial charge in [-0.05, 0) is 62.9 Å². The number of fused-ring (bicyclic) bond motifs is 1. The van der Waals surface area contributed by atoms with E-state index in [1.165, 1.54) is 32.9 Å². The van der Waals surface area contributed by atoms with Gasteiger partial charge in [-0.2, -0.15) is 5.10 Å². The molecule has 2 aliphatic rings. The average molecular weight is 468 g/mol. The molecule has 33 heavy (non-hydrogen) atoms. The fraction of sp³-hybridized carbons (Fsp3) is 0.500. The van der Waals surface area contributed by atoms with Gasteiger partial charge in [-0.3, -0.25) is 9.58 Å². The number of aryl methyl sites for hydroxylation is 3. The van der Waals surface area contributed by atoms with Crippen LogP contribution in [0.5, 0.6) is 11.5 Å². The fourth-order valence-electron chi connectivity index (χ4n) is 4.68. The van der Waals surface area contributed by atoms with Crippen molar-refractivity contribution in [2.45, 2.75) is 52.3 Å². The minimum absolute atomic E-state index is 0.165. The Morgan fingerprint density at radius 2 is 2.09 bits per heavy atom.